The number of rotatable bonds is 8. The van der Waals surface area contributed by atoms with Gasteiger partial charge in [0.15, 0.2) is 0 Å². The molecule has 0 saturated carbocycles. The van der Waals surface area contributed by atoms with Crippen LogP contribution >= 0.6 is 12.6 Å². The molecule has 186 valence electrons. The van der Waals surface area contributed by atoms with Gasteiger partial charge < -0.3 is 20.3 Å². The van der Waals surface area contributed by atoms with E-state index < -0.39 is 35.6 Å². The van der Waals surface area contributed by atoms with Crippen molar-refractivity contribution >= 4 is 36.2 Å². The highest BCUT2D eigenvalue weighted by molar-refractivity contribution is 7.80. The number of para-hydroxylation sites is 1. The molecule has 2 rings (SSSR count). The average molecular weight is 496 g/mol. The molecule has 2 aromatic rings. The van der Waals surface area contributed by atoms with Crippen molar-refractivity contribution in [3.63, 3.8) is 0 Å². The number of likely N-dealkylation sites (N-methyl/N-ethyl adjacent to an activating group) is 1. The van der Waals surface area contributed by atoms with Crippen LogP contribution in [0.3, 0.4) is 0 Å². The molecule has 0 aliphatic heterocycles. The first kappa shape index (κ1) is 27.8. The van der Waals surface area contributed by atoms with Crippen molar-refractivity contribution in [2.24, 2.45) is 0 Å². The smallest absolute Gasteiger partial charge is 0.408 e. The molecule has 7 nitrogen and oxygen atoms in total. The Balaban J connectivity index is 2.41. The van der Waals surface area contributed by atoms with Crippen molar-refractivity contribution in [2.45, 2.75) is 52.3 Å². The third-order valence-corrected chi connectivity index (χ3v) is 5.52. The number of hydrogen-bond donors (Lipinski definition) is 3. The van der Waals surface area contributed by atoms with Crippen molar-refractivity contribution in [3.8, 4) is 12.3 Å². The number of alkyl carbamates (subject to hydrolysis) is 1. The van der Waals surface area contributed by atoms with Gasteiger partial charge in [0.25, 0.3) is 5.91 Å². The van der Waals surface area contributed by atoms with E-state index in [1.165, 1.54) is 4.90 Å². The summed E-state index contributed by atoms with van der Waals surface area (Å²) >= 11 is 4.26. The summed E-state index contributed by atoms with van der Waals surface area (Å²) in [6, 6.07) is 12.3. The van der Waals surface area contributed by atoms with Crippen LogP contribution in [0.5, 0.6) is 0 Å². The molecule has 35 heavy (non-hydrogen) atoms. The van der Waals surface area contributed by atoms with Crippen LogP contribution in [0.2, 0.25) is 0 Å². The van der Waals surface area contributed by atoms with Crippen LogP contribution in [0.25, 0.3) is 0 Å². The zero-order valence-electron chi connectivity index (χ0n) is 20.8. The van der Waals surface area contributed by atoms with Crippen molar-refractivity contribution in [1.82, 2.24) is 10.2 Å². The quantitative estimate of drug-likeness (QED) is 0.376. The Labute approximate surface area is 213 Å². The second-order valence-electron chi connectivity index (χ2n) is 8.98. The van der Waals surface area contributed by atoms with E-state index in [9.17, 15) is 14.4 Å². The molecule has 0 spiro atoms. The number of hydrogen-bond acceptors (Lipinski definition) is 5. The zero-order valence-corrected chi connectivity index (χ0v) is 21.7. The van der Waals surface area contributed by atoms with Gasteiger partial charge in [-0.25, -0.2) is 4.79 Å². The van der Waals surface area contributed by atoms with Crippen LogP contribution in [-0.2, 0) is 14.3 Å². The normalized spacial score (nSPS) is 12.6. The molecule has 0 aliphatic carbocycles. The predicted molar refractivity (Wildman–Crippen MR) is 141 cm³/mol. The van der Waals surface area contributed by atoms with E-state index in [4.69, 9.17) is 11.2 Å². The minimum absolute atomic E-state index is 0.0245. The Morgan fingerprint density at radius 3 is 2.26 bits per heavy atom. The average Bonchev–Trinajstić information content (AvgIpc) is 2.81. The number of amides is 3. The molecular formula is C27H33N3O4S. The van der Waals surface area contributed by atoms with E-state index in [1.807, 2.05) is 25.1 Å². The van der Waals surface area contributed by atoms with E-state index in [2.05, 4.69) is 29.2 Å². The second kappa shape index (κ2) is 12.3. The summed E-state index contributed by atoms with van der Waals surface area (Å²) in [4.78, 5) is 40.9. The molecule has 8 heteroatoms. The van der Waals surface area contributed by atoms with Gasteiger partial charge in [-0.1, -0.05) is 36.3 Å². The second-order valence-corrected chi connectivity index (χ2v) is 9.34. The van der Waals surface area contributed by atoms with Crippen LogP contribution in [0, 0.1) is 19.3 Å². The number of carbonyl (C=O) groups excluding carboxylic acids is 3. The predicted octanol–water partition coefficient (Wildman–Crippen LogP) is 4.33. The first-order valence-electron chi connectivity index (χ1n) is 11.3. The van der Waals surface area contributed by atoms with Gasteiger partial charge >= 0.3 is 6.09 Å². The molecule has 2 aromatic carbocycles. The van der Waals surface area contributed by atoms with E-state index in [0.29, 0.717) is 16.8 Å². The maximum Gasteiger partial charge on any atom is 0.408 e. The Bertz CT molecular complexity index is 1090. The van der Waals surface area contributed by atoms with Gasteiger partial charge in [0, 0.05) is 23.5 Å². The summed E-state index contributed by atoms with van der Waals surface area (Å²) < 4.78 is 5.29. The fourth-order valence-electron chi connectivity index (χ4n) is 3.45. The van der Waals surface area contributed by atoms with Crippen molar-refractivity contribution in [3.05, 3.63) is 65.2 Å². The number of nitrogens with zero attached hydrogens (tertiary/aromatic N) is 1. The number of ether oxygens (including phenoxy) is 1. The Kier molecular flexibility index (Phi) is 9.78. The first-order valence-corrected chi connectivity index (χ1v) is 12.0. The molecule has 2 N–H and O–H groups in total. The van der Waals surface area contributed by atoms with Crippen LogP contribution in [0.15, 0.2) is 48.5 Å². The van der Waals surface area contributed by atoms with Crippen LogP contribution < -0.4 is 10.6 Å². The summed E-state index contributed by atoms with van der Waals surface area (Å²) in [7, 11) is 0. The number of anilines is 1. The monoisotopic (exact) mass is 495 g/mol. The molecule has 0 bridgehead atoms. The number of aryl methyl sites for hydroxylation is 1. The lowest BCUT2D eigenvalue weighted by molar-refractivity contribution is -0.140. The zero-order chi connectivity index (χ0) is 26.2. The number of terminal acetylenes is 1. The third kappa shape index (κ3) is 7.79. The summed E-state index contributed by atoms with van der Waals surface area (Å²) in [5, 5.41) is 5.50. The maximum atomic E-state index is 13.6. The molecular weight excluding hydrogens is 462 g/mol. The van der Waals surface area contributed by atoms with Gasteiger partial charge in [0.05, 0.1) is 0 Å². The Morgan fingerprint density at radius 1 is 1.11 bits per heavy atom. The maximum absolute atomic E-state index is 13.6. The molecule has 2 unspecified atom stereocenters. The number of benzene rings is 2. The van der Waals surface area contributed by atoms with Crippen LogP contribution in [-0.4, -0.2) is 46.7 Å². The summed E-state index contributed by atoms with van der Waals surface area (Å²) in [5.41, 5.74) is 2.04. The minimum atomic E-state index is -0.994. The Morgan fingerprint density at radius 2 is 1.74 bits per heavy atom. The number of carbonyl (C=O) groups is 3. The first-order chi connectivity index (χ1) is 16.5. The lowest BCUT2D eigenvalue weighted by atomic mass is 10.0. The van der Waals surface area contributed by atoms with Crippen molar-refractivity contribution in [2.75, 3.05) is 17.6 Å². The van der Waals surface area contributed by atoms with Gasteiger partial charge in [-0.15, -0.1) is 6.42 Å². The minimum Gasteiger partial charge on any atom is -0.444 e. The summed E-state index contributed by atoms with van der Waals surface area (Å²) in [6.07, 6.45) is 4.75. The lowest BCUT2D eigenvalue weighted by Gasteiger charge is -2.33. The molecule has 0 aliphatic rings. The van der Waals surface area contributed by atoms with E-state index in [0.717, 1.165) is 5.56 Å². The molecule has 0 radical (unpaired) electrons. The van der Waals surface area contributed by atoms with E-state index >= 15 is 0 Å². The molecule has 0 saturated heterocycles. The molecule has 0 heterocycles. The van der Waals surface area contributed by atoms with Crippen LogP contribution in [0.1, 0.15) is 50.4 Å². The molecule has 0 aromatic heterocycles. The summed E-state index contributed by atoms with van der Waals surface area (Å²) in [6.45, 7) is 9.06. The van der Waals surface area contributed by atoms with E-state index in [-0.39, 0.29) is 12.3 Å². The highest BCUT2D eigenvalue weighted by Crippen LogP contribution is 2.25. The van der Waals surface area contributed by atoms with Gasteiger partial charge in [-0.2, -0.15) is 12.6 Å². The fourth-order valence-corrected chi connectivity index (χ4v) is 3.70. The van der Waals surface area contributed by atoms with Crippen molar-refractivity contribution < 1.29 is 19.1 Å². The highest BCUT2D eigenvalue weighted by atomic mass is 32.1. The largest absolute Gasteiger partial charge is 0.444 e. The van der Waals surface area contributed by atoms with Gasteiger partial charge in [-0.05, 0) is 63.9 Å². The van der Waals surface area contributed by atoms with Crippen LogP contribution in [0.4, 0.5) is 10.5 Å². The molecule has 2 atom stereocenters. The summed E-state index contributed by atoms with van der Waals surface area (Å²) in [5.74, 6) is 1.73. The SMILES string of the molecule is C#Cc1ccc(C(C(=O)Nc2ccccc2C)N(CC)C(=O)C(CS)NC(=O)OC(C)(C)C)cc1. The molecule has 0 fully saturated rings. The number of nitrogens with one attached hydrogen (secondary N) is 2. The third-order valence-electron chi connectivity index (χ3n) is 5.15. The van der Waals surface area contributed by atoms with Crippen molar-refractivity contribution in [1.29, 1.82) is 0 Å². The fraction of sp³-hybridized carbons (Fsp3) is 0.370. The topological polar surface area (TPSA) is 87.7 Å². The van der Waals surface area contributed by atoms with Gasteiger partial charge in [0.1, 0.15) is 17.7 Å². The van der Waals surface area contributed by atoms with Gasteiger partial charge in [0.2, 0.25) is 5.91 Å². The molecule has 3 amide bonds. The van der Waals surface area contributed by atoms with Gasteiger partial charge in [-0.3, -0.25) is 9.59 Å². The lowest BCUT2D eigenvalue weighted by Crippen LogP contribution is -2.53. The van der Waals surface area contributed by atoms with E-state index in [1.54, 1.807) is 58.0 Å². The Hall–Kier alpha value is -3.44. The standard InChI is InChI=1S/C27H33N3O4S/c1-7-19-13-15-20(16-14-19)23(24(31)28-21-12-10-9-11-18(21)3)30(8-2)25(32)22(17-35)29-26(33)34-27(4,5)6/h1,9-16,22-23,35H,8,17H2,2-6H3,(H,28,31)(H,29,33). The highest BCUT2D eigenvalue weighted by Gasteiger charge is 2.35. The number of thiol groups is 1.